The van der Waals surface area contributed by atoms with Gasteiger partial charge in [0.05, 0.1) is 12.8 Å². The van der Waals surface area contributed by atoms with Crippen molar-refractivity contribution in [1.29, 1.82) is 0 Å². The maximum atomic E-state index is 5.86. The fraction of sp³-hybridized carbons (Fsp3) is 0.0952. The Hall–Kier alpha value is -2.59. The van der Waals surface area contributed by atoms with Gasteiger partial charge in [-0.25, -0.2) is 0 Å². The van der Waals surface area contributed by atoms with Gasteiger partial charge >= 0.3 is 0 Å². The van der Waals surface area contributed by atoms with E-state index in [9.17, 15) is 0 Å². The van der Waals surface area contributed by atoms with E-state index in [1.807, 2.05) is 79.0 Å². The summed E-state index contributed by atoms with van der Waals surface area (Å²) in [5.74, 6) is 1.64. The molecule has 25 heavy (non-hydrogen) atoms. The molecule has 0 aliphatic rings. The summed E-state index contributed by atoms with van der Waals surface area (Å²) < 4.78 is 12.1. The molecule has 3 aromatic rings. The van der Waals surface area contributed by atoms with Gasteiger partial charge in [-0.1, -0.05) is 40.2 Å². The summed E-state index contributed by atoms with van der Waals surface area (Å²) in [4.78, 5) is 4.48. The van der Waals surface area contributed by atoms with Crippen LogP contribution in [0.3, 0.4) is 0 Å². The molecule has 126 valence electrons. The third kappa shape index (κ3) is 5.19. The van der Waals surface area contributed by atoms with Gasteiger partial charge in [-0.15, -0.1) is 0 Å². The standard InChI is InChI=1S/C21H18BrNO2/c1-24-20-11-9-19(10-12-20)23-14-17-3-2-4-21(13-17)25-15-16-5-7-18(22)8-6-16/h2-14H,15H2,1H3. The molecule has 0 fully saturated rings. The Labute approximate surface area is 156 Å². The van der Waals surface area contributed by atoms with E-state index in [0.717, 1.165) is 32.8 Å². The maximum Gasteiger partial charge on any atom is 0.120 e. The van der Waals surface area contributed by atoms with Crippen molar-refractivity contribution in [2.45, 2.75) is 6.61 Å². The number of hydrogen-bond acceptors (Lipinski definition) is 3. The zero-order chi connectivity index (χ0) is 17.5. The summed E-state index contributed by atoms with van der Waals surface area (Å²) in [5, 5.41) is 0. The number of benzene rings is 3. The molecule has 0 saturated carbocycles. The zero-order valence-corrected chi connectivity index (χ0v) is 15.4. The Kier molecular flexibility index (Phi) is 5.86. The summed E-state index contributed by atoms with van der Waals surface area (Å²) in [6.07, 6.45) is 1.83. The average Bonchev–Trinajstić information content (AvgIpc) is 2.67. The summed E-state index contributed by atoms with van der Waals surface area (Å²) in [6, 6.07) is 23.6. The zero-order valence-electron chi connectivity index (χ0n) is 13.9. The van der Waals surface area contributed by atoms with Crippen LogP contribution in [0.2, 0.25) is 0 Å². The van der Waals surface area contributed by atoms with Crippen molar-refractivity contribution < 1.29 is 9.47 Å². The minimum Gasteiger partial charge on any atom is -0.497 e. The Bertz CT molecular complexity index is 843. The van der Waals surface area contributed by atoms with Crippen LogP contribution in [-0.4, -0.2) is 13.3 Å². The molecule has 0 amide bonds. The number of nitrogens with zero attached hydrogens (tertiary/aromatic N) is 1. The highest BCUT2D eigenvalue weighted by atomic mass is 79.9. The molecular weight excluding hydrogens is 378 g/mol. The first kappa shape index (κ1) is 17.2. The van der Waals surface area contributed by atoms with E-state index < -0.39 is 0 Å². The van der Waals surface area contributed by atoms with Gasteiger partial charge in [0.1, 0.15) is 18.1 Å². The molecule has 3 nitrogen and oxygen atoms in total. The predicted octanol–water partition coefficient (Wildman–Crippen LogP) is 5.79. The van der Waals surface area contributed by atoms with Crippen LogP contribution in [0.4, 0.5) is 5.69 Å². The van der Waals surface area contributed by atoms with Gasteiger partial charge in [0.15, 0.2) is 0 Å². The second kappa shape index (κ2) is 8.49. The molecule has 0 N–H and O–H groups in total. The van der Waals surface area contributed by atoms with Crippen molar-refractivity contribution in [2.24, 2.45) is 4.99 Å². The molecule has 0 atom stereocenters. The Morgan fingerprint density at radius 1 is 0.920 bits per heavy atom. The molecule has 0 radical (unpaired) electrons. The number of halogens is 1. The first-order chi connectivity index (χ1) is 12.2. The molecule has 0 spiro atoms. The lowest BCUT2D eigenvalue weighted by Crippen LogP contribution is -1.95. The summed E-state index contributed by atoms with van der Waals surface area (Å²) >= 11 is 3.43. The average molecular weight is 396 g/mol. The molecule has 0 bridgehead atoms. The van der Waals surface area contributed by atoms with Gasteiger partial charge in [0.2, 0.25) is 0 Å². The van der Waals surface area contributed by atoms with Crippen LogP contribution >= 0.6 is 15.9 Å². The number of rotatable bonds is 6. The lowest BCUT2D eigenvalue weighted by atomic mass is 10.2. The molecule has 4 heteroatoms. The van der Waals surface area contributed by atoms with Crippen LogP contribution in [0.1, 0.15) is 11.1 Å². The van der Waals surface area contributed by atoms with Crippen molar-refractivity contribution >= 4 is 27.8 Å². The van der Waals surface area contributed by atoms with Crippen molar-refractivity contribution in [3.63, 3.8) is 0 Å². The molecule has 0 heterocycles. The van der Waals surface area contributed by atoms with Gasteiger partial charge in [0, 0.05) is 10.7 Å². The van der Waals surface area contributed by atoms with E-state index in [2.05, 4.69) is 20.9 Å². The first-order valence-corrected chi connectivity index (χ1v) is 8.68. The van der Waals surface area contributed by atoms with Gasteiger partial charge in [0.25, 0.3) is 0 Å². The number of methoxy groups -OCH3 is 1. The van der Waals surface area contributed by atoms with Crippen molar-refractivity contribution in [2.75, 3.05) is 7.11 Å². The summed E-state index contributed by atoms with van der Waals surface area (Å²) in [6.45, 7) is 0.534. The van der Waals surface area contributed by atoms with Crippen molar-refractivity contribution in [1.82, 2.24) is 0 Å². The normalized spacial score (nSPS) is 10.8. The maximum absolute atomic E-state index is 5.86. The summed E-state index contributed by atoms with van der Waals surface area (Å²) in [7, 11) is 1.65. The summed E-state index contributed by atoms with van der Waals surface area (Å²) in [5.41, 5.74) is 2.99. The van der Waals surface area contributed by atoms with E-state index in [0.29, 0.717) is 6.61 Å². The topological polar surface area (TPSA) is 30.8 Å². The SMILES string of the molecule is COc1ccc(N=Cc2cccc(OCc3ccc(Br)cc3)c2)cc1. The van der Waals surface area contributed by atoms with E-state index in [-0.39, 0.29) is 0 Å². The molecule has 0 aromatic heterocycles. The monoisotopic (exact) mass is 395 g/mol. The number of hydrogen-bond donors (Lipinski definition) is 0. The van der Waals surface area contributed by atoms with Crippen LogP contribution in [-0.2, 0) is 6.61 Å². The minimum atomic E-state index is 0.534. The quantitative estimate of drug-likeness (QED) is 0.494. The molecule has 0 aliphatic carbocycles. The molecule has 3 aromatic carbocycles. The third-order valence-electron chi connectivity index (χ3n) is 3.61. The Morgan fingerprint density at radius 3 is 2.40 bits per heavy atom. The number of ether oxygens (including phenoxy) is 2. The largest absolute Gasteiger partial charge is 0.497 e. The highest BCUT2D eigenvalue weighted by Crippen LogP contribution is 2.19. The van der Waals surface area contributed by atoms with E-state index in [1.54, 1.807) is 7.11 Å². The van der Waals surface area contributed by atoms with Crippen molar-refractivity contribution in [3.8, 4) is 11.5 Å². The van der Waals surface area contributed by atoms with Crippen LogP contribution < -0.4 is 9.47 Å². The lowest BCUT2D eigenvalue weighted by molar-refractivity contribution is 0.306. The highest BCUT2D eigenvalue weighted by molar-refractivity contribution is 9.10. The second-order valence-corrected chi connectivity index (χ2v) is 6.36. The molecule has 0 saturated heterocycles. The van der Waals surface area contributed by atoms with E-state index >= 15 is 0 Å². The van der Waals surface area contributed by atoms with E-state index in [4.69, 9.17) is 9.47 Å². The van der Waals surface area contributed by atoms with Gasteiger partial charge in [-0.05, 0) is 59.7 Å². The van der Waals surface area contributed by atoms with Crippen LogP contribution in [0.5, 0.6) is 11.5 Å². The van der Waals surface area contributed by atoms with Crippen LogP contribution in [0.15, 0.2) is 82.3 Å². The molecule has 0 unspecified atom stereocenters. The number of aliphatic imine (C=N–C) groups is 1. The molecule has 0 aliphatic heterocycles. The lowest BCUT2D eigenvalue weighted by Gasteiger charge is -2.07. The van der Waals surface area contributed by atoms with E-state index in [1.165, 1.54) is 0 Å². The predicted molar refractivity (Wildman–Crippen MR) is 105 cm³/mol. The third-order valence-corrected chi connectivity index (χ3v) is 4.14. The fourth-order valence-corrected chi connectivity index (χ4v) is 2.51. The van der Waals surface area contributed by atoms with Gasteiger partial charge in [-0.3, -0.25) is 4.99 Å². The molecule has 3 rings (SSSR count). The fourth-order valence-electron chi connectivity index (χ4n) is 2.25. The van der Waals surface area contributed by atoms with Crippen molar-refractivity contribution in [3.05, 3.63) is 88.4 Å². The minimum absolute atomic E-state index is 0.534. The van der Waals surface area contributed by atoms with Crippen LogP contribution in [0.25, 0.3) is 0 Å². The molecular formula is C21H18BrNO2. The first-order valence-electron chi connectivity index (χ1n) is 7.88. The van der Waals surface area contributed by atoms with Crippen LogP contribution in [0, 0.1) is 0 Å². The van der Waals surface area contributed by atoms with Gasteiger partial charge in [-0.2, -0.15) is 0 Å². The second-order valence-electron chi connectivity index (χ2n) is 5.44. The smallest absolute Gasteiger partial charge is 0.120 e. The van der Waals surface area contributed by atoms with Gasteiger partial charge < -0.3 is 9.47 Å². The Balaban J connectivity index is 1.64. The Morgan fingerprint density at radius 2 is 1.68 bits per heavy atom. The highest BCUT2D eigenvalue weighted by Gasteiger charge is 1.98.